The molecule has 1 aliphatic heterocycles. The number of nitrogens with zero attached hydrogens (tertiary/aromatic N) is 3. The first-order valence-corrected chi connectivity index (χ1v) is 8.57. The fraction of sp³-hybridized carbons (Fsp3) is 0.235. The SMILES string of the molecule is O=C(c1ccsc1)N1CCOC[C@@H]1c1nc(-c2ccccc2)no1. The molecule has 0 bridgehead atoms. The van der Waals surface area contributed by atoms with E-state index in [0.717, 1.165) is 5.56 Å². The minimum atomic E-state index is -0.365. The lowest BCUT2D eigenvalue weighted by atomic mass is 10.2. The minimum absolute atomic E-state index is 0.0380. The molecule has 1 atom stereocenters. The Morgan fingerprint density at radius 3 is 2.92 bits per heavy atom. The number of thiophene rings is 1. The first-order valence-electron chi connectivity index (χ1n) is 7.63. The molecule has 7 heteroatoms. The average molecular weight is 341 g/mol. The third-order valence-electron chi connectivity index (χ3n) is 3.92. The molecule has 1 aromatic carbocycles. The number of amides is 1. The molecule has 6 nitrogen and oxygen atoms in total. The number of carbonyl (C=O) groups is 1. The molecule has 1 fully saturated rings. The van der Waals surface area contributed by atoms with Gasteiger partial charge in [0.1, 0.15) is 6.04 Å². The summed E-state index contributed by atoms with van der Waals surface area (Å²) in [4.78, 5) is 18.9. The summed E-state index contributed by atoms with van der Waals surface area (Å²) in [5, 5.41) is 7.78. The van der Waals surface area contributed by atoms with E-state index in [-0.39, 0.29) is 11.9 Å². The summed E-state index contributed by atoms with van der Waals surface area (Å²) in [6.45, 7) is 1.36. The van der Waals surface area contributed by atoms with Gasteiger partial charge in [-0.05, 0) is 11.4 Å². The summed E-state index contributed by atoms with van der Waals surface area (Å²) in [5.74, 6) is 0.875. The molecule has 4 rings (SSSR count). The Kier molecular flexibility index (Phi) is 4.10. The van der Waals surface area contributed by atoms with E-state index in [1.165, 1.54) is 11.3 Å². The van der Waals surface area contributed by atoms with E-state index in [0.29, 0.717) is 37.0 Å². The summed E-state index contributed by atoms with van der Waals surface area (Å²) in [5.41, 5.74) is 1.55. The van der Waals surface area contributed by atoms with Crippen LogP contribution < -0.4 is 0 Å². The summed E-state index contributed by atoms with van der Waals surface area (Å²) in [7, 11) is 0. The number of carbonyl (C=O) groups excluding carboxylic acids is 1. The van der Waals surface area contributed by atoms with Crippen molar-refractivity contribution >= 4 is 17.2 Å². The van der Waals surface area contributed by atoms with E-state index in [4.69, 9.17) is 9.26 Å². The van der Waals surface area contributed by atoms with Crippen LogP contribution in [0.4, 0.5) is 0 Å². The van der Waals surface area contributed by atoms with Crippen molar-refractivity contribution in [2.75, 3.05) is 19.8 Å². The average Bonchev–Trinajstić information content (AvgIpc) is 3.34. The zero-order valence-electron chi connectivity index (χ0n) is 12.8. The maximum atomic E-state index is 12.7. The first kappa shape index (κ1) is 15.0. The Labute approximate surface area is 142 Å². The van der Waals surface area contributed by atoms with E-state index in [9.17, 15) is 4.79 Å². The van der Waals surface area contributed by atoms with Crippen LogP contribution in [0.3, 0.4) is 0 Å². The smallest absolute Gasteiger partial charge is 0.255 e. The number of hydrogen-bond acceptors (Lipinski definition) is 6. The van der Waals surface area contributed by atoms with Gasteiger partial charge < -0.3 is 14.2 Å². The number of morpholine rings is 1. The highest BCUT2D eigenvalue weighted by Crippen LogP contribution is 2.27. The number of hydrogen-bond donors (Lipinski definition) is 0. The van der Waals surface area contributed by atoms with Crippen LogP contribution in [-0.2, 0) is 4.74 Å². The summed E-state index contributed by atoms with van der Waals surface area (Å²) >= 11 is 1.50. The minimum Gasteiger partial charge on any atom is -0.377 e. The van der Waals surface area contributed by atoms with Crippen LogP contribution >= 0.6 is 11.3 Å². The lowest BCUT2D eigenvalue weighted by Gasteiger charge is -2.33. The van der Waals surface area contributed by atoms with Gasteiger partial charge in [0, 0.05) is 17.5 Å². The zero-order chi connectivity index (χ0) is 16.4. The van der Waals surface area contributed by atoms with E-state index >= 15 is 0 Å². The van der Waals surface area contributed by atoms with Crippen LogP contribution in [0.1, 0.15) is 22.3 Å². The van der Waals surface area contributed by atoms with Gasteiger partial charge in [0.2, 0.25) is 5.82 Å². The second-order valence-electron chi connectivity index (χ2n) is 5.42. The van der Waals surface area contributed by atoms with Crippen molar-refractivity contribution in [3.63, 3.8) is 0 Å². The number of rotatable bonds is 3. The van der Waals surface area contributed by atoms with Crippen molar-refractivity contribution in [2.24, 2.45) is 0 Å². The fourth-order valence-corrected chi connectivity index (χ4v) is 3.31. The third-order valence-corrected chi connectivity index (χ3v) is 4.60. The maximum Gasteiger partial charge on any atom is 0.255 e. The fourth-order valence-electron chi connectivity index (χ4n) is 2.68. The lowest BCUT2D eigenvalue weighted by molar-refractivity contribution is -0.0119. The maximum absolute atomic E-state index is 12.7. The summed E-state index contributed by atoms with van der Waals surface area (Å²) in [6, 6.07) is 11.1. The molecule has 0 saturated carbocycles. The molecule has 0 spiro atoms. The van der Waals surface area contributed by atoms with Crippen molar-refractivity contribution in [3.05, 3.63) is 58.6 Å². The van der Waals surface area contributed by atoms with E-state index in [1.54, 1.807) is 4.90 Å². The van der Waals surface area contributed by atoms with Gasteiger partial charge in [0.15, 0.2) is 0 Å². The van der Waals surface area contributed by atoms with Crippen LogP contribution in [0.5, 0.6) is 0 Å². The Bertz CT molecular complexity index is 817. The molecule has 0 unspecified atom stereocenters. The molecule has 0 N–H and O–H groups in total. The van der Waals surface area contributed by atoms with Crippen LogP contribution in [0.15, 0.2) is 51.7 Å². The number of benzene rings is 1. The monoisotopic (exact) mass is 341 g/mol. The van der Waals surface area contributed by atoms with Crippen molar-refractivity contribution in [1.29, 1.82) is 0 Å². The molecule has 0 radical (unpaired) electrons. The largest absolute Gasteiger partial charge is 0.377 e. The molecular weight excluding hydrogens is 326 g/mol. The molecule has 1 aliphatic rings. The molecule has 0 aliphatic carbocycles. The molecule has 122 valence electrons. The Hall–Kier alpha value is -2.51. The molecule has 1 saturated heterocycles. The Balaban J connectivity index is 1.62. The van der Waals surface area contributed by atoms with Gasteiger partial charge in [-0.2, -0.15) is 16.3 Å². The predicted molar refractivity (Wildman–Crippen MR) is 88.6 cm³/mol. The second-order valence-corrected chi connectivity index (χ2v) is 6.20. The summed E-state index contributed by atoms with van der Waals surface area (Å²) < 4.78 is 11.0. The van der Waals surface area contributed by atoms with Crippen molar-refractivity contribution in [2.45, 2.75) is 6.04 Å². The lowest BCUT2D eigenvalue weighted by Crippen LogP contribution is -2.43. The van der Waals surface area contributed by atoms with Gasteiger partial charge in [-0.15, -0.1) is 0 Å². The van der Waals surface area contributed by atoms with Gasteiger partial charge in [-0.3, -0.25) is 4.79 Å². The standard InChI is InChI=1S/C17H15N3O3S/c21-17(13-6-9-24-11-13)20-7-8-22-10-14(20)16-18-15(19-23-16)12-4-2-1-3-5-12/h1-6,9,11,14H,7-8,10H2/t14-/m1/s1. The topological polar surface area (TPSA) is 68.5 Å². The molecule has 3 heterocycles. The highest BCUT2D eigenvalue weighted by molar-refractivity contribution is 7.08. The molecule has 24 heavy (non-hydrogen) atoms. The number of aromatic nitrogens is 2. The molecule has 3 aromatic rings. The first-order chi connectivity index (χ1) is 11.8. The van der Waals surface area contributed by atoms with Gasteiger partial charge >= 0.3 is 0 Å². The normalized spacial score (nSPS) is 17.8. The predicted octanol–water partition coefficient (Wildman–Crippen LogP) is 3.01. The highest BCUT2D eigenvalue weighted by Gasteiger charge is 2.33. The van der Waals surface area contributed by atoms with Crippen LogP contribution in [-0.4, -0.2) is 40.7 Å². The Morgan fingerprint density at radius 1 is 1.25 bits per heavy atom. The van der Waals surface area contributed by atoms with Crippen molar-refractivity contribution in [1.82, 2.24) is 15.0 Å². The van der Waals surface area contributed by atoms with Crippen molar-refractivity contribution in [3.8, 4) is 11.4 Å². The van der Waals surface area contributed by atoms with Crippen LogP contribution in [0.25, 0.3) is 11.4 Å². The summed E-state index contributed by atoms with van der Waals surface area (Å²) in [6.07, 6.45) is 0. The molecular formula is C17H15N3O3S. The zero-order valence-corrected chi connectivity index (χ0v) is 13.6. The molecule has 1 amide bonds. The number of ether oxygens (including phenoxy) is 1. The van der Waals surface area contributed by atoms with E-state index in [2.05, 4.69) is 10.1 Å². The van der Waals surface area contributed by atoms with Gasteiger partial charge in [-0.1, -0.05) is 35.5 Å². The van der Waals surface area contributed by atoms with Gasteiger partial charge in [0.05, 0.1) is 18.8 Å². The molecule has 2 aromatic heterocycles. The van der Waals surface area contributed by atoms with Crippen molar-refractivity contribution < 1.29 is 14.1 Å². The third kappa shape index (κ3) is 2.83. The van der Waals surface area contributed by atoms with Gasteiger partial charge in [0.25, 0.3) is 11.8 Å². The quantitative estimate of drug-likeness (QED) is 0.732. The van der Waals surface area contributed by atoms with Crippen LogP contribution in [0, 0.1) is 0 Å². The second kappa shape index (κ2) is 6.54. The van der Waals surface area contributed by atoms with Gasteiger partial charge in [-0.25, -0.2) is 0 Å². The van der Waals surface area contributed by atoms with Crippen LogP contribution in [0.2, 0.25) is 0 Å². The Morgan fingerprint density at radius 2 is 2.12 bits per heavy atom. The van der Waals surface area contributed by atoms with E-state index in [1.807, 2.05) is 47.2 Å². The highest BCUT2D eigenvalue weighted by atomic mass is 32.1. The van der Waals surface area contributed by atoms with E-state index < -0.39 is 0 Å².